The van der Waals surface area contributed by atoms with E-state index in [0.29, 0.717) is 11.6 Å². The number of nitro benzene ring substituents is 1. The third kappa shape index (κ3) is 4.41. The Morgan fingerprint density at radius 2 is 2.04 bits per heavy atom. The molecule has 0 aromatic heterocycles. The summed E-state index contributed by atoms with van der Waals surface area (Å²) in [5.74, 6) is 0.644. The van der Waals surface area contributed by atoms with E-state index in [2.05, 4.69) is 5.32 Å². The Hall–Kier alpha value is -2.15. The van der Waals surface area contributed by atoms with E-state index in [4.69, 9.17) is 0 Å². The van der Waals surface area contributed by atoms with Gasteiger partial charge in [0.15, 0.2) is 0 Å². The van der Waals surface area contributed by atoms with Crippen LogP contribution in [-0.2, 0) is 4.79 Å². The molecule has 1 amide bonds. The van der Waals surface area contributed by atoms with Gasteiger partial charge in [-0.1, -0.05) is 12.1 Å². The van der Waals surface area contributed by atoms with Gasteiger partial charge in [0.25, 0.3) is 5.69 Å². The van der Waals surface area contributed by atoms with Gasteiger partial charge in [-0.05, 0) is 38.4 Å². The van der Waals surface area contributed by atoms with Gasteiger partial charge in [-0.25, -0.2) is 0 Å². The Labute approximate surface area is 136 Å². The number of piperidine rings is 1. The summed E-state index contributed by atoms with van der Waals surface area (Å²) in [7, 11) is 3.66. The lowest BCUT2D eigenvalue weighted by molar-refractivity contribution is -0.384. The number of amides is 1. The number of benzene rings is 1. The maximum Gasteiger partial charge on any atom is 0.292 e. The predicted molar refractivity (Wildman–Crippen MR) is 89.6 cm³/mol. The number of rotatable bonds is 6. The summed E-state index contributed by atoms with van der Waals surface area (Å²) in [4.78, 5) is 26.6. The highest BCUT2D eigenvalue weighted by molar-refractivity contribution is 5.82. The van der Waals surface area contributed by atoms with Gasteiger partial charge >= 0.3 is 0 Å². The van der Waals surface area contributed by atoms with Crippen LogP contribution in [0.25, 0.3) is 0 Å². The molecule has 126 valence electrons. The number of anilines is 1. The number of hydrogen-bond acceptors (Lipinski definition) is 5. The molecule has 2 rings (SSSR count). The second-order valence-electron chi connectivity index (χ2n) is 5.98. The summed E-state index contributed by atoms with van der Waals surface area (Å²) in [6.45, 7) is 2.66. The van der Waals surface area contributed by atoms with Crippen LogP contribution in [0.15, 0.2) is 24.3 Å². The van der Waals surface area contributed by atoms with E-state index < -0.39 is 4.92 Å². The summed E-state index contributed by atoms with van der Waals surface area (Å²) >= 11 is 0. The summed E-state index contributed by atoms with van der Waals surface area (Å²) in [6.07, 6.45) is 2.00. The van der Waals surface area contributed by atoms with Crippen LogP contribution in [-0.4, -0.2) is 56.0 Å². The van der Waals surface area contributed by atoms with Crippen molar-refractivity contribution in [3.63, 3.8) is 0 Å². The number of nitrogens with one attached hydrogen (secondary N) is 1. The number of carbonyl (C=O) groups excluding carboxylic acids is 1. The van der Waals surface area contributed by atoms with E-state index in [9.17, 15) is 14.9 Å². The lowest BCUT2D eigenvalue weighted by Crippen LogP contribution is -2.44. The molecule has 0 radical (unpaired) electrons. The molecule has 0 aliphatic carbocycles. The molecule has 0 bridgehead atoms. The first kappa shape index (κ1) is 17.2. The topological polar surface area (TPSA) is 78.7 Å². The molecule has 1 aliphatic heterocycles. The number of hydrogen-bond donors (Lipinski definition) is 1. The largest absolute Gasteiger partial charge is 0.360 e. The van der Waals surface area contributed by atoms with Crippen LogP contribution >= 0.6 is 0 Å². The van der Waals surface area contributed by atoms with Gasteiger partial charge in [0.2, 0.25) is 5.91 Å². The predicted octanol–water partition coefficient (Wildman–Crippen LogP) is 1.49. The maximum absolute atomic E-state index is 12.4. The number of nitrogens with zero attached hydrogens (tertiary/aromatic N) is 3. The summed E-state index contributed by atoms with van der Waals surface area (Å²) in [6, 6.07) is 6.50. The highest BCUT2D eigenvalue weighted by Gasteiger charge is 2.24. The first-order valence-corrected chi connectivity index (χ1v) is 7.90. The van der Waals surface area contributed by atoms with Gasteiger partial charge in [-0.15, -0.1) is 0 Å². The van der Waals surface area contributed by atoms with Crippen molar-refractivity contribution in [2.75, 3.05) is 45.2 Å². The fourth-order valence-corrected chi connectivity index (χ4v) is 3.00. The zero-order chi connectivity index (χ0) is 16.8. The fourth-order valence-electron chi connectivity index (χ4n) is 3.00. The van der Waals surface area contributed by atoms with Crippen LogP contribution in [0.1, 0.15) is 12.8 Å². The van der Waals surface area contributed by atoms with Gasteiger partial charge < -0.3 is 15.1 Å². The van der Waals surface area contributed by atoms with Crippen molar-refractivity contribution in [3.8, 4) is 0 Å². The Bertz CT molecular complexity index is 556. The van der Waals surface area contributed by atoms with Gasteiger partial charge in [-0.2, -0.15) is 0 Å². The number of nitro groups is 1. The first-order valence-electron chi connectivity index (χ1n) is 7.90. The molecule has 1 aliphatic rings. The Kier molecular flexibility index (Phi) is 5.92. The van der Waals surface area contributed by atoms with Gasteiger partial charge in [0.05, 0.1) is 11.5 Å². The van der Waals surface area contributed by atoms with Gasteiger partial charge in [0, 0.05) is 26.2 Å². The van der Waals surface area contributed by atoms with Crippen molar-refractivity contribution >= 4 is 17.3 Å². The average Bonchev–Trinajstić information content (AvgIpc) is 2.55. The Balaban J connectivity index is 1.94. The van der Waals surface area contributed by atoms with Crippen LogP contribution < -0.4 is 10.2 Å². The normalized spacial score (nSPS) is 15.5. The molecule has 1 fully saturated rings. The van der Waals surface area contributed by atoms with Gasteiger partial charge in [0.1, 0.15) is 5.69 Å². The molecular weight excluding hydrogens is 296 g/mol. The van der Waals surface area contributed by atoms with Crippen LogP contribution in [0.3, 0.4) is 0 Å². The third-order valence-electron chi connectivity index (χ3n) is 4.32. The van der Waals surface area contributed by atoms with Gasteiger partial charge in [-0.3, -0.25) is 14.9 Å². The lowest BCUT2D eigenvalue weighted by atomic mass is 9.97. The van der Waals surface area contributed by atoms with Crippen LogP contribution in [0.2, 0.25) is 0 Å². The monoisotopic (exact) mass is 320 g/mol. The fraction of sp³-hybridized carbons (Fsp3) is 0.562. The number of carbonyl (C=O) groups is 1. The number of para-hydroxylation sites is 2. The maximum atomic E-state index is 12.4. The van der Waals surface area contributed by atoms with Crippen molar-refractivity contribution < 1.29 is 9.72 Å². The number of likely N-dealkylation sites (tertiary alicyclic amines) is 1. The minimum atomic E-state index is -0.417. The SMILES string of the molecule is CNCC1CCN(C(=O)CN(C)c2ccccc2[N+](=O)[O-])CC1. The molecule has 0 saturated carbocycles. The lowest BCUT2D eigenvalue weighted by Gasteiger charge is -2.33. The molecule has 0 atom stereocenters. The molecule has 1 aromatic carbocycles. The molecule has 1 aromatic rings. The highest BCUT2D eigenvalue weighted by Crippen LogP contribution is 2.26. The molecule has 1 N–H and O–H groups in total. The van der Waals surface area contributed by atoms with E-state index in [1.807, 2.05) is 11.9 Å². The zero-order valence-electron chi connectivity index (χ0n) is 13.7. The molecule has 7 nitrogen and oxygen atoms in total. The number of likely N-dealkylation sites (N-methyl/N-ethyl adjacent to an activating group) is 1. The van der Waals surface area contributed by atoms with Crippen LogP contribution in [0.4, 0.5) is 11.4 Å². The van der Waals surface area contributed by atoms with Crippen molar-refractivity contribution in [2.45, 2.75) is 12.8 Å². The second kappa shape index (κ2) is 7.92. The zero-order valence-corrected chi connectivity index (χ0v) is 13.7. The Morgan fingerprint density at radius 3 is 2.65 bits per heavy atom. The van der Waals surface area contributed by atoms with E-state index >= 15 is 0 Å². The minimum Gasteiger partial charge on any atom is -0.360 e. The third-order valence-corrected chi connectivity index (χ3v) is 4.32. The smallest absolute Gasteiger partial charge is 0.292 e. The molecule has 0 unspecified atom stereocenters. The minimum absolute atomic E-state index is 0.0218. The second-order valence-corrected chi connectivity index (χ2v) is 5.98. The molecule has 1 saturated heterocycles. The van der Waals surface area contributed by atoms with Crippen LogP contribution in [0, 0.1) is 16.0 Å². The molecular formula is C16H24N4O3. The average molecular weight is 320 g/mol. The van der Waals surface area contributed by atoms with Crippen molar-refractivity contribution in [2.24, 2.45) is 5.92 Å². The molecule has 7 heteroatoms. The first-order chi connectivity index (χ1) is 11.0. The van der Waals surface area contributed by atoms with E-state index in [0.717, 1.165) is 32.5 Å². The van der Waals surface area contributed by atoms with Crippen molar-refractivity contribution in [3.05, 3.63) is 34.4 Å². The highest BCUT2D eigenvalue weighted by atomic mass is 16.6. The van der Waals surface area contributed by atoms with E-state index in [-0.39, 0.29) is 18.1 Å². The van der Waals surface area contributed by atoms with Crippen molar-refractivity contribution in [1.82, 2.24) is 10.2 Å². The van der Waals surface area contributed by atoms with Crippen molar-refractivity contribution in [1.29, 1.82) is 0 Å². The summed E-state index contributed by atoms with van der Waals surface area (Å²) in [5.41, 5.74) is 0.492. The molecule has 23 heavy (non-hydrogen) atoms. The summed E-state index contributed by atoms with van der Waals surface area (Å²) in [5, 5.41) is 14.3. The molecule has 1 heterocycles. The van der Waals surface area contributed by atoms with Crippen LogP contribution in [0.5, 0.6) is 0 Å². The molecule has 0 spiro atoms. The van der Waals surface area contributed by atoms with E-state index in [1.165, 1.54) is 6.07 Å². The Morgan fingerprint density at radius 1 is 1.39 bits per heavy atom. The summed E-state index contributed by atoms with van der Waals surface area (Å²) < 4.78 is 0. The van der Waals surface area contributed by atoms with E-state index in [1.54, 1.807) is 30.1 Å². The quantitative estimate of drug-likeness (QED) is 0.634. The standard InChI is InChI=1S/C16H24N4O3/c1-17-11-13-7-9-19(10-8-13)16(21)12-18(2)14-5-3-4-6-15(14)20(22)23/h3-6,13,17H,7-12H2,1-2H3.